The van der Waals surface area contributed by atoms with Crippen LogP contribution < -0.4 is 16.4 Å². The van der Waals surface area contributed by atoms with Crippen LogP contribution in [0.5, 0.6) is 0 Å². The quantitative estimate of drug-likeness (QED) is 0.703. The minimum absolute atomic E-state index is 0.211. The van der Waals surface area contributed by atoms with E-state index in [0.717, 1.165) is 37.9 Å². The van der Waals surface area contributed by atoms with Gasteiger partial charge < -0.3 is 20.9 Å². The van der Waals surface area contributed by atoms with Gasteiger partial charge in [-0.2, -0.15) is 0 Å². The number of aromatic nitrogens is 1. The minimum atomic E-state index is -0.535. The highest BCUT2D eigenvalue weighted by Crippen LogP contribution is 2.32. The third-order valence-electron chi connectivity index (χ3n) is 4.22. The molecule has 20 heavy (non-hydrogen) atoms. The van der Waals surface area contributed by atoms with Gasteiger partial charge in [0.2, 0.25) is 5.91 Å². The average molecular weight is 276 g/mol. The second kappa shape index (κ2) is 4.94. The zero-order valence-electron chi connectivity index (χ0n) is 11.6. The normalized spacial score (nSPS) is 19.2. The van der Waals surface area contributed by atoms with Crippen molar-refractivity contribution >= 4 is 11.8 Å². The van der Waals surface area contributed by atoms with Gasteiger partial charge in [0.1, 0.15) is 11.7 Å². The van der Waals surface area contributed by atoms with E-state index in [1.807, 2.05) is 17.7 Å². The van der Waals surface area contributed by atoms with E-state index in [-0.39, 0.29) is 11.8 Å². The van der Waals surface area contributed by atoms with E-state index in [9.17, 15) is 9.59 Å². The summed E-state index contributed by atoms with van der Waals surface area (Å²) in [5, 5.41) is 6.08. The molecule has 6 nitrogen and oxygen atoms in total. The standard InChI is InChI=1S/C14H20N4O2/c1-18-10-4-5-16-7-9(10)6-11(18)14(20)17-12(13(15)19)8-2-3-8/h6,8,12,16H,2-5,7H2,1H3,(H2,15,19)(H,17,20). The predicted octanol–water partition coefficient (Wildman–Crippen LogP) is -0.335. The van der Waals surface area contributed by atoms with Gasteiger partial charge in [0, 0.05) is 32.3 Å². The first-order chi connectivity index (χ1) is 9.58. The second-order valence-electron chi connectivity index (χ2n) is 5.68. The lowest BCUT2D eigenvalue weighted by molar-refractivity contribution is -0.120. The van der Waals surface area contributed by atoms with E-state index in [1.54, 1.807) is 0 Å². The van der Waals surface area contributed by atoms with Crippen LogP contribution in [0.25, 0.3) is 0 Å². The smallest absolute Gasteiger partial charge is 0.268 e. The number of carbonyl (C=O) groups excluding carboxylic acids is 2. The van der Waals surface area contributed by atoms with Crippen LogP contribution in [0.4, 0.5) is 0 Å². The van der Waals surface area contributed by atoms with Crippen molar-refractivity contribution in [1.82, 2.24) is 15.2 Å². The Balaban J connectivity index is 1.80. The van der Waals surface area contributed by atoms with Crippen molar-refractivity contribution in [1.29, 1.82) is 0 Å². The zero-order chi connectivity index (χ0) is 14.3. The van der Waals surface area contributed by atoms with Gasteiger partial charge in [0.05, 0.1) is 0 Å². The van der Waals surface area contributed by atoms with Crippen molar-refractivity contribution in [2.45, 2.75) is 31.8 Å². The van der Waals surface area contributed by atoms with E-state index >= 15 is 0 Å². The molecule has 6 heteroatoms. The summed E-state index contributed by atoms with van der Waals surface area (Å²) in [7, 11) is 1.90. The van der Waals surface area contributed by atoms with Crippen molar-refractivity contribution in [3.8, 4) is 0 Å². The Hall–Kier alpha value is -1.82. The lowest BCUT2D eigenvalue weighted by Gasteiger charge is -2.16. The molecular weight excluding hydrogens is 256 g/mol. The van der Waals surface area contributed by atoms with Crippen molar-refractivity contribution in [2.24, 2.45) is 18.7 Å². The molecule has 3 rings (SSSR count). The molecule has 0 saturated heterocycles. The molecule has 0 bridgehead atoms. The lowest BCUT2D eigenvalue weighted by atomic mass is 10.1. The highest BCUT2D eigenvalue weighted by Gasteiger charge is 2.36. The Morgan fingerprint density at radius 1 is 1.50 bits per heavy atom. The van der Waals surface area contributed by atoms with Crippen molar-refractivity contribution < 1.29 is 9.59 Å². The fraction of sp³-hybridized carbons (Fsp3) is 0.571. The van der Waals surface area contributed by atoms with Gasteiger partial charge >= 0.3 is 0 Å². The number of carbonyl (C=O) groups is 2. The van der Waals surface area contributed by atoms with Gasteiger partial charge in [-0.05, 0) is 30.4 Å². The molecule has 0 spiro atoms. The first-order valence-corrected chi connectivity index (χ1v) is 7.06. The van der Waals surface area contributed by atoms with Gasteiger partial charge in [0.15, 0.2) is 0 Å². The first-order valence-electron chi connectivity index (χ1n) is 7.06. The number of amides is 2. The number of primary amides is 1. The van der Waals surface area contributed by atoms with Crippen LogP contribution in [-0.2, 0) is 24.8 Å². The van der Waals surface area contributed by atoms with Crippen LogP contribution in [0.2, 0.25) is 0 Å². The summed E-state index contributed by atoms with van der Waals surface area (Å²) >= 11 is 0. The fourth-order valence-corrected chi connectivity index (χ4v) is 2.90. The van der Waals surface area contributed by atoms with Crippen LogP contribution in [0.3, 0.4) is 0 Å². The Morgan fingerprint density at radius 2 is 2.25 bits per heavy atom. The lowest BCUT2D eigenvalue weighted by Crippen LogP contribution is -2.46. The Labute approximate surface area is 117 Å². The summed E-state index contributed by atoms with van der Waals surface area (Å²) in [6, 6.07) is 1.37. The van der Waals surface area contributed by atoms with E-state index in [1.165, 1.54) is 5.69 Å². The van der Waals surface area contributed by atoms with E-state index in [0.29, 0.717) is 5.69 Å². The zero-order valence-corrected chi connectivity index (χ0v) is 11.6. The molecule has 1 fully saturated rings. The maximum absolute atomic E-state index is 12.4. The number of fused-ring (bicyclic) bond motifs is 1. The van der Waals surface area contributed by atoms with Crippen LogP contribution in [0.1, 0.15) is 34.6 Å². The minimum Gasteiger partial charge on any atom is -0.368 e. The van der Waals surface area contributed by atoms with Crippen LogP contribution in [-0.4, -0.2) is 29.0 Å². The number of nitrogens with one attached hydrogen (secondary N) is 2. The molecule has 1 aliphatic carbocycles. The maximum atomic E-state index is 12.4. The molecule has 2 amide bonds. The summed E-state index contributed by atoms with van der Waals surface area (Å²) in [5.74, 6) is -0.438. The summed E-state index contributed by atoms with van der Waals surface area (Å²) in [6.07, 6.45) is 2.84. The summed E-state index contributed by atoms with van der Waals surface area (Å²) in [4.78, 5) is 23.8. The Bertz CT molecular complexity index is 560. The highest BCUT2D eigenvalue weighted by molar-refractivity contribution is 5.96. The fourth-order valence-electron chi connectivity index (χ4n) is 2.90. The number of rotatable bonds is 4. The third kappa shape index (κ3) is 2.31. The van der Waals surface area contributed by atoms with Gasteiger partial charge in [0.25, 0.3) is 5.91 Å². The number of hydrogen-bond acceptors (Lipinski definition) is 3. The average Bonchev–Trinajstić information content (AvgIpc) is 3.20. The molecule has 108 valence electrons. The van der Waals surface area contributed by atoms with E-state index in [4.69, 9.17) is 5.73 Å². The molecular formula is C14H20N4O2. The topological polar surface area (TPSA) is 89.2 Å². The third-order valence-corrected chi connectivity index (χ3v) is 4.22. The summed E-state index contributed by atoms with van der Waals surface area (Å²) in [5.41, 5.74) is 8.32. The molecule has 0 aromatic carbocycles. The molecule has 2 heterocycles. The van der Waals surface area contributed by atoms with Crippen LogP contribution in [0, 0.1) is 5.92 Å². The van der Waals surface area contributed by atoms with Gasteiger partial charge in [-0.25, -0.2) is 0 Å². The Kier molecular flexibility index (Phi) is 3.25. The molecule has 1 aromatic rings. The molecule has 4 N–H and O–H groups in total. The van der Waals surface area contributed by atoms with Gasteiger partial charge in [-0.3, -0.25) is 9.59 Å². The largest absolute Gasteiger partial charge is 0.368 e. The second-order valence-corrected chi connectivity index (χ2v) is 5.68. The predicted molar refractivity (Wildman–Crippen MR) is 74.0 cm³/mol. The molecule has 2 aliphatic rings. The summed E-state index contributed by atoms with van der Waals surface area (Å²) in [6.45, 7) is 1.72. The molecule has 1 unspecified atom stereocenters. The van der Waals surface area contributed by atoms with Gasteiger partial charge in [-0.15, -0.1) is 0 Å². The van der Waals surface area contributed by atoms with Gasteiger partial charge in [-0.1, -0.05) is 0 Å². The Morgan fingerprint density at radius 3 is 2.85 bits per heavy atom. The van der Waals surface area contributed by atoms with Crippen molar-refractivity contribution in [2.75, 3.05) is 6.54 Å². The molecule has 1 saturated carbocycles. The molecule has 1 aliphatic heterocycles. The molecule has 1 aromatic heterocycles. The molecule has 0 radical (unpaired) electrons. The van der Waals surface area contributed by atoms with Crippen LogP contribution >= 0.6 is 0 Å². The monoisotopic (exact) mass is 276 g/mol. The van der Waals surface area contributed by atoms with E-state index in [2.05, 4.69) is 10.6 Å². The SMILES string of the molecule is Cn1c(C(=O)NC(C(N)=O)C2CC2)cc2c1CCNC2. The van der Waals surface area contributed by atoms with E-state index < -0.39 is 11.9 Å². The number of hydrogen-bond donors (Lipinski definition) is 3. The summed E-state index contributed by atoms with van der Waals surface area (Å²) < 4.78 is 1.93. The number of nitrogens with two attached hydrogens (primary N) is 1. The maximum Gasteiger partial charge on any atom is 0.268 e. The first kappa shape index (κ1) is 13.2. The highest BCUT2D eigenvalue weighted by atomic mass is 16.2. The molecule has 1 atom stereocenters. The number of nitrogens with zero attached hydrogens (tertiary/aromatic N) is 1. The van der Waals surface area contributed by atoms with Crippen molar-refractivity contribution in [3.63, 3.8) is 0 Å². The van der Waals surface area contributed by atoms with Crippen LogP contribution in [0.15, 0.2) is 6.07 Å². The van der Waals surface area contributed by atoms with Crippen molar-refractivity contribution in [3.05, 3.63) is 23.0 Å².